The number of nitrogens with zero attached hydrogens (tertiary/aromatic N) is 1. The number of amides is 2. The third kappa shape index (κ3) is 3.98. The van der Waals surface area contributed by atoms with E-state index in [9.17, 15) is 9.59 Å². The van der Waals surface area contributed by atoms with Crippen molar-refractivity contribution in [3.05, 3.63) is 29.3 Å². The fourth-order valence-corrected chi connectivity index (χ4v) is 1.96. The molecule has 0 atom stereocenters. The van der Waals surface area contributed by atoms with Crippen LogP contribution >= 0.6 is 0 Å². The Kier molecular flexibility index (Phi) is 5.55. The van der Waals surface area contributed by atoms with E-state index in [4.69, 9.17) is 5.11 Å². The molecule has 2 N–H and O–H groups in total. The standard InChI is InChI=1S/C15H22N2O3/c1-5-8-17(10(2)3)15(20)16-13-7-6-12(14(18)19)9-11(13)4/h6-7,9-10H,5,8H2,1-4H3,(H,16,20)(H,18,19). The minimum atomic E-state index is -0.972. The van der Waals surface area contributed by atoms with Crippen molar-refractivity contribution in [1.29, 1.82) is 0 Å². The molecule has 0 aliphatic carbocycles. The number of hydrogen-bond acceptors (Lipinski definition) is 2. The van der Waals surface area contributed by atoms with Crippen LogP contribution in [0.2, 0.25) is 0 Å². The van der Waals surface area contributed by atoms with Crippen molar-refractivity contribution in [3.63, 3.8) is 0 Å². The van der Waals surface area contributed by atoms with Gasteiger partial charge in [0.1, 0.15) is 0 Å². The van der Waals surface area contributed by atoms with Gasteiger partial charge in [-0.3, -0.25) is 0 Å². The number of aryl methyl sites for hydroxylation is 1. The van der Waals surface area contributed by atoms with Gasteiger partial charge in [0.05, 0.1) is 5.56 Å². The monoisotopic (exact) mass is 278 g/mol. The summed E-state index contributed by atoms with van der Waals surface area (Å²) in [6, 6.07) is 4.63. The molecular formula is C15H22N2O3. The van der Waals surface area contributed by atoms with Gasteiger partial charge in [0.15, 0.2) is 0 Å². The number of urea groups is 1. The maximum absolute atomic E-state index is 12.2. The number of carbonyl (C=O) groups excluding carboxylic acids is 1. The lowest BCUT2D eigenvalue weighted by molar-refractivity contribution is 0.0697. The lowest BCUT2D eigenvalue weighted by Crippen LogP contribution is -2.40. The molecule has 2 amide bonds. The first-order chi connectivity index (χ1) is 9.36. The van der Waals surface area contributed by atoms with Gasteiger partial charge in [0.25, 0.3) is 0 Å². The van der Waals surface area contributed by atoms with Crippen LogP contribution in [0.4, 0.5) is 10.5 Å². The number of carbonyl (C=O) groups is 2. The Hall–Kier alpha value is -2.04. The van der Waals surface area contributed by atoms with Crippen LogP contribution in [0.1, 0.15) is 43.1 Å². The highest BCUT2D eigenvalue weighted by Gasteiger charge is 2.17. The zero-order valence-corrected chi connectivity index (χ0v) is 12.4. The molecule has 5 heteroatoms. The van der Waals surface area contributed by atoms with Gasteiger partial charge < -0.3 is 15.3 Å². The van der Waals surface area contributed by atoms with Gasteiger partial charge in [-0.05, 0) is 51.0 Å². The van der Waals surface area contributed by atoms with Crippen molar-refractivity contribution in [3.8, 4) is 0 Å². The molecular weight excluding hydrogens is 256 g/mol. The summed E-state index contributed by atoms with van der Waals surface area (Å²) < 4.78 is 0. The van der Waals surface area contributed by atoms with Crippen LogP contribution in [-0.4, -0.2) is 34.6 Å². The highest BCUT2D eigenvalue weighted by Crippen LogP contribution is 2.17. The number of nitrogens with one attached hydrogen (secondary N) is 1. The van der Waals surface area contributed by atoms with Crippen molar-refractivity contribution in [2.24, 2.45) is 0 Å². The Labute approximate surface area is 119 Å². The SMILES string of the molecule is CCCN(C(=O)Nc1ccc(C(=O)O)cc1C)C(C)C. The summed E-state index contributed by atoms with van der Waals surface area (Å²) in [7, 11) is 0. The molecule has 5 nitrogen and oxygen atoms in total. The molecule has 0 fully saturated rings. The van der Waals surface area contributed by atoms with E-state index in [1.54, 1.807) is 24.0 Å². The average molecular weight is 278 g/mol. The zero-order valence-electron chi connectivity index (χ0n) is 12.4. The second-order valence-corrected chi connectivity index (χ2v) is 5.05. The Balaban J connectivity index is 2.87. The van der Waals surface area contributed by atoms with Gasteiger partial charge in [-0.25, -0.2) is 9.59 Å². The number of carboxylic acid groups (broad SMARTS) is 1. The van der Waals surface area contributed by atoms with E-state index in [0.29, 0.717) is 12.2 Å². The molecule has 0 aromatic heterocycles. The van der Waals surface area contributed by atoms with Crippen LogP contribution < -0.4 is 5.32 Å². The number of carboxylic acids is 1. The first kappa shape index (κ1) is 16.0. The van der Waals surface area contributed by atoms with Gasteiger partial charge >= 0.3 is 12.0 Å². The Morgan fingerprint density at radius 1 is 1.35 bits per heavy atom. The van der Waals surface area contributed by atoms with E-state index >= 15 is 0 Å². The van der Waals surface area contributed by atoms with Crippen LogP contribution in [0.15, 0.2) is 18.2 Å². The molecule has 0 saturated carbocycles. The summed E-state index contributed by atoms with van der Waals surface area (Å²) in [4.78, 5) is 24.8. The Morgan fingerprint density at radius 2 is 2.00 bits per heavy atom. The molecule has 1 aromatic carbocycles. The second kappa shape index (κ2) is 6.93. The van der Waals surface area contributed by atoms with Gasteiger partial charge in [0, 0.05) is 18.3 Å². The van der Waals surface area contributed by atoms with Crippen molar-refractivity contribution in [2.45, 2.75) is 40.2 Å². The van der Waals surface area contributed by atoms with Crippen molar-refractivity contribution < 1.29 is 14.7 Å². The number of benzene rings is 1. The van der Waals surface area contributed by atoms with Crippen molar-refractivity contribution in [1.82, 2.24) is 4.90 Å². The van der Waals surface area contributed by atoms with Crippen LogP contribution in [0.5, 0.6) is 0 Å². The molecule has 0 bridgehead atoms. The first-order valence-corrected chi connectivity index (χ1v) is 6.78. The molecule has 1 aromatic rings. The third-order valence-electron chi connectivity index (χ3n) is 3.06. The summed E-state index contributed by atoms with van der Waals surface area (Å²) in [6.07, 6.45) is 0.891. The molecule has 0 saturated heterocycles. The molecule has 0 aliphatic heterocycles. The van der Waals surface area contributed by atoms with Crippen molar-refractivity contribution in [2.75, 3.05) is 11.9 Å². The normalized spacial score (nSPS) is 10.4. The molecule has 0 unspecified atom stereocenters. The summed E-state index contributed by atoms with van der Waals surface area (Å²) in [6.45, 7) is 8.43. The second-order valence-electron chi connectivity index (χ2n) is 5.05. The minimum absolute atomic E-state index is 0.119. The molecule has 1 rings (SSSR count). The summed E-state index contributed by atoms with van der Waals surface area (Å²) in [5.74, 6) is -0.972. The zero-order chi connectivity index (χ0) is 15.3. The fourth-order valence-electron chi connectivity index (χ4n) is 1.96. The predicted molar refractivity (Wildman–Crippen MR) is 79.3 cm³/mol. The van der Waals surface area contributed by atoms with E-state index in [0.717, 1.165) is 12.0 Å². The largest absolute Gasteiger partial charge is 0.478 e. The summed E-state index contributed by atoms with van der Waals surface area (Å²) >= 11 is 0. The quantitative estimate of drug-likeness (QED) is 0.867. The lowest BCUT2D eigenvalue weighted by atomic mass is 10.1. The van der Waals surface area contributed by atoms with Crippen LogP contribution in [-0.2, 0) is 0 Å². The van der Waals surface area contributed by atoms with Crippen LogP contribution in [0.25, 0.3) is 0 Å². The molecule has 110 valence electrons. The predicted octanol–water partition coefficient (Wildman–Crippen LogP) is 3.35. The molecule has 0 radical (unpaired) electrons. The van der Waals surface area contributed by atoms with Gasteiger partial charge in [-0.1, -0.05) is 6.92 Å². The maximum Gasteiger partial charge on any atom is 0.335 e. The molecule has 20 heavy (non-hydrogen) atoms. The molecule has 0 spiro atoms. The maximum atomic E-state index is 12.2. The lowest BCUT2D eigenvalue weighted by Gasteiger charge is -2.26. The summed E-state index contributed by atoms with van der Waals surface area (Å²) in [5.41, 5.74) is 1.59. The Bertz CT molecular complexity index is 498. The third-order valence-corrected chi connectivity index (χ3v) is 3.06. The summed E-state index contributed by atoms with van der Waals surface area (Å²) in [5, 5.41) is 11.8. The highest BCUT2D eigenvalue weighted by atomic mass is 16.4. The van der Waals surface area contributed by atoms with E-state index in [1.807, 2.05) is 20.8 Å². The first-order valence-electron chi connectivity index (χ1n) is 6.78. The van der Waals surface area contributed by atoms with Gasteiger partial charge in [-0.2, -0.15) is 0 Å². The van der Waals surface area contributed by atoms with Crippen LogP contribution in [0, 0.1) is 6.92 Å². The van der Waals surface area contributed by atoms with Gasteiger partial charge in [-0.15, -0.1) is 0 Å². The van der Waals surface area contributed by atoms with Gasteiger partial charge in [0.2, 0.25) is 0 Å². The van der Waals surface area contributed by atoms with E-state index in [2.05, 4.69) is 5.32 Å². The molecule has 0 aliphatic rings. The smallest absolute Gasteiger partial charge is 0.335 e. The number of anilines is 1. The fraction of sp³-hybridized carbons (Fsp3) is 0.467. The average Bonchev–Trinajstić information content (AvgIpc) is 2.37. The topological polar surface area (TPSA) is 69.6 Å². The van der Waals surface area contributed by atoms with Crippen LogP contribution in [0.3, 0.4) is 0 Å². The van der Waals surface area contributed by atoms with E-state index in [-0.39, 0.29) is 17.6 Å². The van der Waals surface area contributed by atoms with E-state index < -0.39 is 5.97 Å². The number of hydrogen-bond donors (Lipinski definition) is 2. The van der Waals surface area contributed by atoms with Crippen molar-refractivity contribution >= 4 is 17.7 Å². The highest BCUT2D eigenvalue weighted by molar-refractivity contribution is 5.92. The Morgan fingerprint density at radius 3 is 2.45 bits per heavy atom. The number of rotatable bonds is 5. The number of aromatic carboxylic acids is 1. The molecule has 0 heterocycles. The van der Waals surface area contributed by atoms with E-state index in [1.165, 1.54) is 6.07 Å². The minimum Gasteiger partial charge on any atom is -0.478 e.